The van der Waals surface area contributed by atoms with E-state index < -0.39 is 94.9 Å². The van der Waals surface area contributed by atoms with Crippen LogP contribution in [0.1, 0.15) is 13.2 Å². The van der Waals surface area contributed by atoms with Crippen LogP contribution in [0.5, 0.6) is 0 Å². The van der Waals surface area contributed by atoms with Crippen LogP contribution in [-0.4, -0.2) is 123 Å². The van der Waals surface area contributed by atoms with Gasteiger partial charge in [0.25, 0.3) is 5.56 Å². The first-order chi connectivity index (χ1) is 18.3. The Labute approximate surface area is 223 Å². The summed E-state index contributed by atoms with van der Waals surface area (Å²) >= 11 is 0. The number of aliphatic hydroxyl groups is 6. The van der Waals surface area contributed by atoms with Crippen LogP contribution in [0.4, 0.5) is 0 Å². The van der Waals surface area contributed by atoms with E-state index in [9.17, 15) is 48.7 Å². The average Bonchev–Trinajstić information content (AvgIpc) is 3.12. The molecule has 1 unspecified atom stereocenters. The SMILES string of the molecule is CC(=O)N[C@@H](C=O)[C@@H](O)[C@@H](O)[C@H](O)CO.O=c1ccn([C@@H]2O[C@H](COP(=O)(O)OP(=O)(O)O)[C@@H](O)[C@H]2O)c(=O)[nH]1. The Hall–Kier alpha value is -2.20. The molecular formula is C17H29N3O18P2. The third-order valence-corrected chi connectivity index (χ3v) is 7.04. The molecule has 0 aromatic carbocycles. The zero-order valence-electron chi connectivity index (χ0n) is 20.3. The van der Waals surface area contributed by atoms with E-state index in [2.05, 4.69) is 14.2 Å². The second kappa shape index (κ2) is 15.1. The molecular weight excluding hydrogens is 596 g/mol. The van der Waals surface area contributed by atoms with Crippen molar-refractivity contribution in [3.63, 3.8) is 0 Å². The van der Waals surface area contributed by atoms with Crippen molar-refractivity contribution in [1.82, 2.24) is 14.9 Å². The Morgan fingerprint density at radius 1 is 1.18 bits per heavy atom. The molecule has 0 bridgehead atoms. The lowest BCUT2D eigenvalue weighted by atomic mass is 10.0. The van der Waals surface area contributed by atoms with Gasteiger partial charge in [-0.3, -0.25) is 23.7 Å². The molecule has 23 heteroatoms. The number of aromatic nitrogens is 2. The van der Waals surface area contributed by atoms with Gasteiger partial charge in [0, 0.05) is 19.2 Å². The molecule has 1 fully saturated rings. The minimum atomic E-state index is -5.32. The summed E-state index contributed by atoms with van der Waals surface area (Å²) in [5.74, 6) is -0.558. The fraction of sp³-hybridized carbons (Fsp3) is 0.647. The highest BCUT2D eigenvalue weighted by atomic mass is 31.3. The number of amides is 1. The third-order valence-electron chi connectivity index (χ3n) is 4.89. The molecule has 0 aliphatic carbocycles. The van der Waals surface area contributed by atoms with Crippen molar-refractivity contribution in [3.05, 3.63) is 33.1 Å². The zero-order chi connectivity index (χ0) is 31.0. The second-order valence-corrected chi connectivity index (χ2v) is 10.8. The standard InChI is InChI=1S/C9H14N2O12P2.C8H15NO6/c12-5-1-2-11(9(15)10-5)8-7(14)6(13)4(22-8)3-21-25(19,20)23-24(16,17)18;1-4(12)9-5(2-10)7(14)8(15)6(13)3-11/h1-2,4,6-8,13-14H,3H2,(H,19,20)(H,10,12,15)(H2,16,17,18);2,5-8,11,13-15H,3H2,1H3,(H,9,12)/t4-,6-,7-,8-;5-,6+,7+,8-/m10/s1. The van der Waals surface area contributed by atoms with E-state index in [1.807, 2.05) is 4.98 Å². The number of nitrogens with one attached hydrogen (secondary N) is 2. The van der Waals surface area contributed by atoms with E-state index in [-0.39, 0.29) is 6.29 Å². The van der Waals surface area contributed by atoms with E-state index in [4.69, 9.17) is 29.6 Å². The quantitative estimate of drug-likeness (QED) is 0.0760. The van der Waals surface area contributed by atoms with Crippen LogP contribution in [0.3, 0.4) is 0 Å². The Morgan fingerprint density at radius 2 is 1.77 bits per heavy atom. The minimum absolute atomic E-state index is 0.235. The van der Waals surface area contributed by atoms with Gasteiger partial charge in [-0.1, -0.05) is 0 Å². The molecule has 0 radical (unpaired) electrons. The van der Waals surface area contributed by atoms with Gasteiger partial charge in [-0.15, -0.1) is 0 Å². The third kappa shape index (κ3) is 11.0. The Morgan fingerprint density at radius 3 is 2.25 bits per heavy atom. The summed E-state index contributed by atoms with van der Waals surface area (Å²) in [5, 5.41) is 57.9. The molecule has 1 aromatic rings. The Bertz CT molecular complexity index is 1200. The molecule has 2 rings (SSSR count). The summed E-state index contributed by atoms with van der Waals surface area (Å²) in [6.07, 6.45) is -9.97. The van der Waals surface area contributed by atoms with E-state index in [0.29, 0.717) is 0 Å². The highest BCUT2D eigenvalue weighted by Crippen LogP contribution is 2.57. The molecule has 0 saturated carbocycles. The van der Waals surface area contributed by atoms with Gasteiger partial charge in [-0.2, -0.15) is 4.31 Å². The summed E-state index contributed by atoms with van der Waals surface area (Å²) in [6, 6.07) is -0.359. The second-order valence-electron chi connectivity index (χ2n) is 7.99. The number of rotatable bonds is 12. The number of aldehydes is 1. The lowest BCUT2D eigenvalue weighted by molar-refractivity contribution is -0.129. The van der Waals surface area contributed by atoms with Crippen LogP contribution in [0.2, 0.25) is 0 Å². The number of aliphatic hydroxyl groups excluding tert-OH is 6. The molecule has 2 heterocycles. The number of aromatic amines is 1. The number of ether oxygens (including phenoxy) is 1. The number of hydrogen-bond donors (Lipinski definition) is 11. The van der Waals surface area contributed by atoms with Crippen LogP contribution in [0.15, 0.2) is 21.9 Å². The maximum Gasteiger partial charge on any atom is 0.481 e. The molecule has 21 nitrogen and oxygen atoms in total. The van der Waals surface area contributed by atoms with Crippen molar-refractivity contribution in [3.8, 4) is 0 Å². The van der Waals surface area contributed by atoms with Crippen molar-refractivity contribution in [1.29, 1.82) is 0 Å². The molecule has 1 amide bonds. The normalized spacial score (nSPS) is 25.4. The zero-order valence-corrected chi connectivity index (χ0v) is 22.1. The van der Waals surface area contributed by atoms with Crippen molar-refractivity contribution < 1.29 is 77.6 Å². The Kier molecular flexibility index (Phi) is 13.6. The fourth-order valence-corrected chi connectivity index (χ4v) is 4.63. The van der Waals surface area contributed by atoms with Gasteiger partial charge >= 0.3 is 21.3 Å². The summed E-state index contributed by atoms with van der Waals surface area (Å²) in [4.78, 5) is 71.8. The molecule has 0 spiro atoms. The summed E-state index contributed by atoms with van der Waals surface area (Å²) in [6.45, 7) is -0.525. The molecule has 230 valence electrons. The number of nitrogens with zero attached hydrogens (tertiary/aromatic N) is 1. The van der Waals surface area contributed by atoms with Crippen LogP contribution in [-0.2, 0) is 32.3 Å². The van der Waals surface area contributed by atoms with Crippen LogP contribution >= 0.6 is 15.6 Å². The number of carbonyl (C=O) groups is 2. The first kappa shape index (κ1) is 35.8. The van der Waals surface area contributed by atoms with Gasteiger partial charge in [0.15, 0.2) is 6.23 Å². The predicted molar refractivity (Wildman–Crippen MR) is 125 cm³/mol. The van der Waals surface area contributed by atoms with Crippen LogP contribution in [0, 0.1) is 0 Å². The molecule has 40 heavy (non-hydrogen) atoms. The summed E-state index contributed by atoms with van der Waals surface area (Å²) < 4.78 is 35.6. The van der Waals surface area contributed by atoms with Crippen LogP contribution in [0.25, 0.3) is 0 Å². The largest absolute Gasteiger partial charge is 0.481 e. The van der Waals surface area contributed by atoms with E-state index in [0.717, 1.165) is 23.8 Å². The van der Waals surface area contributed by atoms with Crippen molar-refractivity contribution in [2.45, 2.75) is 55.8 Å². The van der Waals surface area contributed by atoms with Gasteiger partial charge in [-0.25, -0.2) is 13.9 Å². The monoisotopic (exact) mass is 625 g/mol. The topological polar surface area (TPSA) is 345 Å². The lowest BCUT2D eigenvalue weighted by Crippen LogP contribution is -2.53. The number of phosphoric ester groups is 1. The molecule has 1 aliphatic heterocycles. The summed E-state index contributed by atoms with van der Waals surface area (Å²) in [7, 11) is -10.5. The van der Waals surface area contributed by atoms with Crippen LogP contribution < -0.4 is 16.6 Å². The van der Waals surface area contributed by atoms with E-state index >= 15 is 0 Å². The fourth-order valence-electron chi connectivity index (χ4n) is 3.03. The first-order valence-electron chi connectivity index (χ1n) is 10.8. The van der Waals surface area contributed by atoms with Gasteiger partial charge < -0.3 is 60.2 Å². The molecule has 1 saturated heterocycles. The lowest BCUT2D eigenvalue weighted by Gasteiger charge is -2.25. The minimum Gasteiger partial charge on any atom is -0.394 e. The number of H-pyrrole nitrogens is 1. The van der Waals surface area contributed by atoms with Gasteiger partial charge in [-0.05, 0) is 0 Å². The van der Waals surface area contributed by atoms with Gasteiger partial charge in [0.2, 0.25) is 5.91 Å². The maximum atomic E-state index is 11.7. The number of hydrogen-bond acceptors (Lipinski definition) is 15. The molecule has 1 aromatic heterocycles. The average molecular weight is 625 g/mol. The smallest absolute Gasteiger partial charge is 0.394 e. The van der Waals surface area contributed by atoms with Gasteiger partial charge in [0.1, 0.15) is 49.0 Å². The molecule has 11 N–H and O–H groups in total. The first-order valence-corrected chi connectivity index (χ1v) is 13.8. The number of phosphoric acid groups is 2. The highest BCUT2D eigenvalue weighted by Gasteiger charge is 2.45. The predicted octanol–water partition coefficient (Wildman–Crippen LogP) is -5.85. The van der Waals surface area contributed by atoms with Crippen molar-refractivity contribution >= 4 is 27.8 Å². The van der Waals surface area contributed by atoms with Crippen molar-refractivity contribution in [2.24, 2.45) is 0 Å². The number of carbonyl (C=O) groups excluding carboxylic acids is 2. The van der Waals surface area contributed by atoms with Gasteiger partial charge in [0.05, 0.1) is 13.2 Å². The van der Waals surface area contributed by atoms with Crippen molar-refractivity contribution in [2.75, 3.05) is 13.2 Å². The summed E-state index contributed by atoms with van der Waals surface area (Å²) in [5.41, 5.74) is -1.65. The maximum absolute atomic E-state index is 11.7. The highest BCUT2D eigenvalue weighted by molar-refractivity contribution is 7.60. The van der Waals surface area contributed by atoms with E-state index in [1.54, 1.807) is 0 Å². The molecule has 9 atom stereocenters. The molecule has 1 aliphatic rings. The van der Waals surface area contributed by atoms with E-state index in [1.165, 1.54) is 0 Å². The Balaban J connectivity index is 0.000000459.